The molecule has 0 aromatic carbocycles. The summed E-state index contributed by atoms with van der Waals surface area (Å²) in [5.74, 6) is -9.98. The molecule has 1 aliphatic rings. The van der Waals surface area contributed by atoms with E-state index in [2.05, 4.69) is 51.1 Å². The number of aliphatic carboxylic acids is 2. The molecule has 0 spiro atoms. The van der Waals surface area contributed by atoms with E-state index in [1.807, 2.05) is 27.7 Å². The topological polar surface area (TPSA) is 305 Å². The van der Waals surface area contributed by atoms with Crippen molar-refractivity contribution in [1.82, 2.24) is 37.2 Å². The van der Waals surface area contributed by atoms with Crippen LogP contribution in [0.5, 0.6) is 0 Å². The predicted molar refractivity (Wildman–Crippen MR) is 290 cm³/mol. The quantitative estimate of drug-likeness (QED) is 0.0327. The van der Waals surface area contributed by atoms with Crippen LogP contribution in [0.2, 0.25) is 0 Å². The standard InChI is InChI=1S/C56H99N7O13/c1-13-38(12)49-56(75)76-39(24-22-20-18-16-14-15-17-19-21-23-33(2)3)31-46(64)57-40(25-26-47(65)66)50(69)58-41(27-34(4)5)51(70)59-42(28-35(6)7)52(71)60-43(29-36(8)9)53(72)62-45(32-48(67)68)54(73)61-44(30-37(10)11)55(74)63-49/h33-45,49H,13-32H2,1-12H3,(H,57,64)(H,58,69)(H,59,70)(H,60,71)(H,61,73)(H,62,72)(H,63,74)(H,65,66)(H,67,68). The Kier molecular flexibility index (Phi) is 33.2. The summed E-state index contributed by atoms with van der Waals surface area (Å²) >= 11 is 0. The number of carboxylic acid groups (broad SMARTS) is 2. The van der Waals surface area contributed by atoms with Crippen LogP contribution in [-0.4, -0.2) is 118 Å². The van der Waals surface area contributed by atoms with Gasteiger partial charge in [-0.3, -0.25) is 43.2 Å². The number of ether oxygens (including phenoxy) is 1. The van der Waals surface area contributed by atoms with Gasteiger partial charge in [0.25, 0.3) is 0 Å². The molecule has 1 heterocycles. The number of unbranched alkanes of at least 4 members (excludes halogenated alkanes) is 8. The van der Waals surface area contributed by atoms with Crippen LogP contribution < -0.4 is 37.2 Å². The summed E-state index contributed by atoms with van der Waals surface area (Å²) in [5.41, 5.74) is 0. The molecule has 0 radical (unpaired) electrons. The first-order valence-corrected chi connectivity index (χ1v) is 28.4. The molecule has 1 rings (SSSR count). The van der Waals surface area contributed by atoms with Crippen molar-refractivity contribution in [3.05, 3.63) is 0 Å². The fourth-order valence-electron chi connectivity index (χ4n) is 9.08. The van der Waals surface area contributed by atoms with Crippen LogP contribution in [0.25, 0.3) is 0 Å². The van der Waals surface area contributed by atoms with Gasteiger partial charge in [0.1, 0.15) is 48.4 Å². The minimum atomic E-state index is -1.72. The summed E-state index contributed by atoms with van der Waals surface area (Å²) in [4.78, 5) is 137. The van der Waals surface area contributed by atoms with Crippen LogP contribution >= 0.6 is 0 Å². The van der Waals surface area contributed by atoms with E-state index in [9.17, 15) is 58.2 Å². The van der Waals surface area contributed by atoms with Gasteiger partial charge in [-0.05, 0) is 80.5 Å². The number of cyclic esters (lactones) is 1. The maximum Gasteiger partial charge on any atom is 0.329 e. The third-order valence-corrected chi connectivity index (χ3v) is 13.4. The molecule has 20 nitrogen and oxygen atoms in total. The van der Waals surface area contributed by atoms with Crippen molar-refractivity contribution >= 4 is 59.3 Å². The normalized spacial score (nSPS) is 23.9. The lowest BCUT2D eigenvalue weighted by atomic mass is 9.97. The van der Waals surface area contributed by atoms with E-state index in [4.69, 9.17) is 4.74 Å². The van der Waals surface area contributed by atoms with E-state index in [-0.39, 0.29) is 62.2 Å². The van der Waals surface area contributed by atoms with Crippen LogP contribution in [0, 0.1) is 35.5 Å². The van der Waals surface area contributed by atoms with E-state index >= 15 is 0 Å². The predicted octanol–water partition coefficient (Wildman–Crippen LogP) is 6.21. The number of hydrogen-bond donors (Lipinski definition) is 9. The number of rotatable bonds is 27. The van der Waals surface area contributed by atoms with Gasteiger partial charge in [0.15, 0.2) is 0 Å². The van der Waals surface area contributed by atoms with E-state index < -0.39 is 133 Å². The summed E-state index contributed by atoms with van der Waals surface area (Å²) in [6, 6.07) is -9.63. The minimum absolute atomic E-state index is 0.0298. The van der Waals surface area contributed by atoms with Crippen molar-refractivity contribution in [2.45, 2.75) is 260 Å². The van der Waals surface area contributed by atoms with Crippen molar-refractivity contribution in [2.24, 2.45) is 35.5 Å². The van der Waals surface area contributed by atoms with Crippen LogP contribution in [0.1, 0.15) is 212 Å². The largest absolute Gasteiger partial charge is 0.481 e. The average molecular weight is 1080 g/mol. The summed E-state index contributed by atoms with van der Waals surface area (Å²) in [6.07, 6.45) is 7.90. The molecule has 0 aromatic rings. The van der Waals surface area contributed by atoms with E-state index in [1.54, 1.807) is 41.5 Å². The highest BCUT2D eigenvalue weighted by Crippen LogP contribution is 2.20. The molecule has 9 unspecified atom stereocenters. The molecule has 76 heavy (non-hydrogen) atoms. The Morgan fingerprint density at radius 2 is 0.829 bits per heavy atom. The molecule has 20 heteroatoms. The molecule has 9 N–H and O–H groups in total. The Morgan fingerprint density at radius 3 is 1.21 bits per heavy atom. The van der Waals surface area contributed by atoms with Gasteiger partial charge in [-0.25, -0.2) is 4.79 Å². The first-order valence-electron chi connectivity index (χ1n) is 28.4. The van der Waals surface area contributed by atoms with Gasteiger partial charge in [0, 0.05) is 6.42 Å². The number of hydrogen-bond acceptors (Lipinski definition) is 11. The number of carboxylic acids is 2. The van der Waals surface area contributed by atoms with Gasteiger partial charge >= 0.3 is 17.9 Å². The van der Waals surface area contributed by atoms with Crippen molar-refractivity contribution in [2.75, 3.05) is 0 Å². The van der Waals surface area contributed by atoms with Gasteiger partial charge in [0.05, 0.1) is 12.8 Å². The molecule has 436 valence electrons. The van der Waals surface area contributed by atoms with E-state index in [0.717, 1.165) is 32.1 Å². The molecular formula is C56H99N7O13. The summed E-state index contributed by atoms with van der Waals surface area (Å²) < 4.78 is 6.09. The summed E-state index contributed by atoms with van der Waals surface area (Å²) in [5, 5.41) is 38.1. The van der Waals surface area contributed by atoms with Crippen molar-refractivity contribution in [3.63, 3.8) is 0 Å². The summed E-state index contributed by atoms with van der Waals surface area (Å²) in [6.45, 7) is 22.4. The van der Waals surface area contributed by atoms with Crippen molar-refractivity contribution in [1.29, 1.82) is 0 Å². The molecule has 1 saturated heterocycles. The highest BCUT2D eigenvalue weighted by Gasteiger charge is 2.37. The van der Waals surface area contributed by atoms with Crippen LogP contribution in [0.4, 0.5) is 0 Å². The maximum atomic E-state index is 14.3. The van der Waals surface area contributed by atoms with Gasteiger partial charge in [-0.2, -0.15) is 0 Å². The Morgan fingerprint density at radius 1 is 0.461 bits per heavy atom. The second-order valence-electron chi connectivity index (χ2n) is 23.3. The monoisotopic (exact) mass is 1080 g/mol. The maximum absolute atomic E-state index is 14.3. The van der Waals surface area contributed by atoms with Gasteiger partial charge in [0.2, 0.25) is 41.4 Å². The van der Waals surface area contributed by atoms with E-state index in [1.165, 1.54) is 25.7 Å². The minimum Gasteiger partial charge on any atom is -0.481 e. The zero-order valence-corrected chi connectivity index (χ0v) is 48.1. The number of esters is 1. The molecular weight excluding hydrogens is 979 g/mol. The average Bonchev–Trinajstić information content (AvgIpc) is 3.30. The first-order chi connectivity index (χ1) is 35.6. The van der Waals surface area contributed by atoms with Crippen LogP contribution in [-0.2, 0) is 52.7 Å². The first kappa shape index (κ1) is 68.7. The number of carbonyl (C=O) groups is 10. The van der Waals surface area contributed by atoms with Gasteiger partial charge < -0.3 is 52.2 Å². The fourth-order valence-corrected chi connectivity index (χ4v) is 9.08. The lowest BCUT2D eigenvalue weighted by Gasteiger charge is -2.29. The Bertz CT molecular complexity index is 1860. The molecule has 1 aliphatic heterocycles. The SMILES string of the molecule is CCC(C)C1NC(=O)C(CC(C)C)NC(=O)C(CC(=O)O)NC(=O)C(CC(C)C)NC(=O)C(CC(C)C)NC(=O)C(CC(C)C)NC(=O)C(CCC(=O)O)NC(=O)CC(CCCCCCCCCCCC(C)C)OC1=O. The zero-order valence-electron chi connectivity index (χ0n) is 48.1. The lowest BCUT2D eigenvalue weighted by molar-refractivity contribution is -0.156. The highest BCUT2D eigenvalue weighted by atomic mass is 16.5. The number of carbonyl (C=O) groups excluding carboxylic acids is 8. The van der Waals surface area contributed by atoms with Crippen molar-refractivity contribution < 1.29 is 62.9 Å². The van der Waals surface area contributed by atoms with Crippen LogP contribution in [0.15, 0.2) is 0 Å². The molecule has 0 bridgehead atoms. The van der Waals surface area contributed by atoms with Gasteiger partial charge in [-0.1, -0.05) is 147 Å². The molecule has 0 aliphatic carbocycles. The molecule has 9 atom stereocenters. The number of amides is 7. The molecule has 0 aromatic heterocycles. The highest BCUT2D eigenvalue weighted by molar-refractivity contribution is 5.98. The zero-order chi connectivity index (χ0) is 57.7. The molecule has 1 fully saturated rings. The van der Waals surface area contributed by atoms with E-state index in [0.29, 0.717) is 18.8 Å². The number of nitrogens with one attached hydrogen (secondary N) is 7. The summed E-state index contributed by atoms with van der Waals surface area (Å²) in [7, 11) is 0. The van der Waals surface area contributed by atoms with Crippen molar-refractivity contribution in [3.8, 4) is 0 Å². The Labute approximate surface area is 453 Å². The van der Waals surface area contributed by atoms with Gasteiger partial charge in [-0.15, -0.1) is 0 Å². The Hall–Kier alpha value is -5.30. The second-order valence-corrected chi connectivity index (χ2v) is 23.3. The lowest BCUT2D eigenvalue weighted by Crippen LogP contribution is -2.60. The van der Waals surface area contributed by atoms with Crippen LogP contribution in [0.3, 0.4) is 0 Å². The fraction of sp³-hybridized carbons (Fsp3) is 0.821. The third-order valence-electron chi connectivity index (χ3n) is 13.4. The second kappa shape index (κ2) is 36.7. The molecule has 7 amide bonds. The molecule has 0 saturated carbocycles. The Balaban J connectivity index is 3.93. The smallest absolute Gasteiger partial charge is 0.329 e. The third kappa shape index (κ3) is 29.3.